The molecule has 0 heterocycles. The van der Waals surface area contributed by atoms with Crippen LogP contribution in [0.2, 0.25) is 0 Å². The van der Waals surface area contributed by atoms with Gasteiger partial charge in [0.2, 0.25) is 0 Å². The molecule has 1 atom stereocenters. The molecular formula is C33H44O2. The Morgan fingerprint density at radius 2 is 1.43 bits per heavy atom. The maximum Gasteiger partial charge on any atom is 0.0682 e. The van der Waals surface area contributed by atoms with Crippen LogP contribution >= 0.6 is 0 Å². The molecule has 2 nitrogen and oxygen atoms in total. The van der Waals surface area contributed by atoms with Crippen molar-refractivity contribution in [3.8, 4) is 11.1 Å². The van der Waals surface area contributed by atoms with Crippen molar-refractivity contribution in [2.24, 2.45) is 5.41 Å². The predicted molar refractivity (Wildman–Crippen MR) is 149 cm³/mol. The molecule has 0 aliphatic heterocycles. The van der Waals surface area contributed by atoms with Crippen LogP contribution in [0.1, 0.15) is 87.3 Å². The Balaban J connectivity index is 1.94. The molecule has 0 radical (unpaired) electrons. The molecule has 0 spiro atoms. The van der Waals surface area contributed by atoms with Crippen LogP contribution in [0.15, 0.2) is 60.7 Å². The monoisotopic (exact) mass is 472 g/mol. The molecule has 0 amide bonds. The van der Waals surface area contributed by atoms with Gasteiger partial charge in [0.25, 0.3) is 0 Å². The van der Waals surface area contributed by atoms with Crippen LogP contribution in [0.25, 0.3) is 11.1 Å². The highest BCUT2D eigenvalue weighted by molar-refractivity contribution is 5.68. The van der Waals surface area contributed by atoms with Gasteiger partial charge in [-0.3, -0.25) is 0 Å². The average molecular weight is 473 g/mol. The highest BCUT2D eigenvalue weighted by Crippen LogP contribution is 2.41. The highest BCUT2D eigenvalue weighted by Gasteiger charge is 2.31. The van der Waals surface area contributed by atoms with Crippen LogP contribution in [0.5, 0.6) is 0 Å². The normalized spacial score (nSPS) is 13.2. The van der Waals surface area contributed by atoms with Crippen molar-refractivity contribution < 1.29 is 10.2 Å². The number of aryl methyl sites for hydroxylation is 3. The Labute approximate surface area is 213 Å². The van der Waals surface area contributed by atoms with Crippen molar-refractivity contribution in [3.05, 3.63) is 94.0 Å². The van der Waals surface area contributed by atoms with Gasteiger partial charge >= 0.3 is 0 Å². The van der Waals surface area contributed by atoms with Gasteiger partial charge in [-0.05, 0) is 95.5 Å². The minimum atomic E-state index is -0.300. The van der Waals surface area contributed by atoms with Crippen LogP contribution in [0.4, 0.5) is 0 Å². The maximum absolute atomic E-state index is 10.5. The topological polar surface area (TPSA) is 40.5 Å². The lowest BCUT2D eigenvalue weighted by Gasteiger charge is -2.34. The first-order valence-electron chi connectivity index (χ1n) is 13.1. The van der Waals surface area contributed by atoms with Gasteiger partial charge in [0.05, 0.1) is 12.7 Å². The quantitative estimate of drug-likeness (QED) is 0.332. The molecule has 3 aromatic rings. The number of aliphatic hydroxyl groups is 2. The Hall–Kier alpha value is -2.42. The third kappa shape index (κ3) is 5.88. The molecular weight excluding hydrogens is 428 g/mol. The zero-order valence-corrected chi connectivity index (χ0v) is 22.8. The van der Waals surface area contributed by atoms with Crippen molar-refractivity contribution in [1.29, 1.82) is 0 Å². The summed E-state index contributed by atoms with van der Waals surface area (Å²) in [6.45, 7) is 15.3. The number of hydrogen-bond donors (Lipinski definition) is 2. The SMILES string of the molecule is CCC(CC)(c1ccc(CCC(O)C(C)(C)C)c(C)c1)c1ccc(-c2cccc(CO)c2)c(C)c1. The van der Waals surface area contributed by atoms with Gasteiger partial charge in [0.1, 0.15) is 0 Å². The van der Waals surface area contributed by atoms with Crippen LogP contribution in [-0.4, -0.2) is 16.3 Å². The van der Waals surface area contributed by atoms with Gasteiger partial charge in [-0.2, -0.15) is 0 Å². The van der Waals surface area contributed by atoms with Crippen LogP contribution < -0.4 is 0 Å². The number of rotatable bonds is 9. The van der Waals surface area contributed by atoms with Gasteiger partial charge in [-0.25, -0.2) is 0 Å². The lowest BCUT2D eigenvalue weighted by Crippen LogP contribution is -2.27. The molecule has 35 heavy (non-hydrogen) atoms. The Morgan fingerprint density at radius 3 is 1.97 bits per heavy atom. The van der Waals surface area contributed by atoms with Crippen molar-refractivity contribution in [2.75, 3.05) is 0 Å². The summed E-state index contributed by atoms with van der Waals surface area (Å²) in [6, 6.07) is 22.0. The highest BCUT2D eigenvalue weighted by atomic mass is 16.3. The molecule has 2 heteroatoms. The zero-order valence-electron chi connectivity index (χ0n) is 22.8. The van der Waals surface area contributed by atoms with Crippen LogP contribution in [0, 0.1) is 19.3 Å². The second-order valence-electron chi connectivity index (χ2n) is 11.2. The molecule has 188 valence electrons. The average Bonchev–Trinajstić information content (AvgIpc) is 2.84. The van der Waals surface area contributed by atoms with Gasteiger partial charge in [0.15, 0.2) is 0 Å². The first-order chi connectivity index (χ1) is 16.6. The summed E-state index contributed by atoms with van der Waals surface area (Å²) in [5, 5.41) is 20.0. The van der Waals surface area contributed by atoms with Crippen LogP contribution in [-0.2, 0) is 18.4 Å². The first kappa shape index (κ1) is 27.2. The van der Waals surface area contributed by atoms with E-state index in [1.54, 1.807) is 0 Å². The summed E-state index contributed by atoms with van der Waals surface area (Å²) in [4.78, 5) is 0. The van der Waals surface area contributed by atoms with E-state index in [1.807, 2.05) is 12.1 Å². The first-order valence-corrected chi connectivity index (χ1v) is 13.1. The van der Waals surface area contributed by atoms with Crippen molar-refractivity contribution in [2.45, 2.75) is 92.3 Å². The third-order valence-electron chi connectivity index (χ3n) is 7.99. The van der Waals surface area contributed by atoms with Crippen molar-refractivity contribution in [3.63, 3.8) is 0 Å². The molecule has 0 aromatic heterocycles. The minimum absolute atomic E-state index is 0.0373. The lowest BCUT2D eigenvalue weighted by molar-refractivity contribution is 0.0560. The fourth-order valence-corrected chi connectivity index (χ4v) is 5.35. The maximum atomic E-state index is 10.5. The molecule has 0 aliphatic carbocycles. The Morgan fingerprint density at radius 1 is 0.800 bits per heavy atom. The number of hydrogen-bond acceptors (Lipinski definition) is 2. The van der Waals surface area contributed by atoms with E-state index < -0.39 is 0 Å². The van der Waals surface area contributed by atoms with Crippen molar-refractivity contribution >= 4 is 0 Å². The molecule has 3 aromatic carbocycles. The summed E-state index contributed by atoms with van der Waals surface area (Å²) < 4.78 is 0. The molecule has 0 fully saturated rings. The van der Waals surface area contributed by atoms with E-state index >= 15 is 0 Å². The van der Waals surface area contributed by atoms with E-state index in [0.29, 0.717) is 0 Å². The van der Waals surface area contributed by atoms with Gasteiger partial charge in [-0.1, -0.05) is 89.2 Å². The Kier molecular flexibility index (Phi) is 8.62. The fraction of sp³-hybridized carbons (Fsp3) is 0.455. The standard InChI is InChI=1S/C33H44O2/c1-8-33(9-2,28-15-13-26(23(3)19-28)14-18-31(35)32(5,6)7)29-16-17-30(24(4)20-29)27-12-10-11-25(21-27)22-34/h10-13,15-17,19-21,31,34-35H,8-9,14,18,22H2,1-7H3. The largest absolute Gasteiger partial charge is 0.393 e. The molecule has 2 N–H and O–H groups in total. The van der Waals surface area contributed by atoms with Crippen LogP contribution in [0.3, 0.4) is 0 Å². The summed E-state index contributed by atoms with van der Waals surface area (Å²) in [5.41, 5.74) is 9.80. The zero-order chi connectivity index (χ0) is 25.8. The lowest BCUT2D eigenvalue weighted by atomic mass is 9.69. The molecule has 0 bridgehead atoms. The van der Waals surface area contributed by atoms with Gasteiger partial charge < -0.3 is 10.2 Å². The molecule has 3 rings (SSSR count). The van der Waals surface area contributed by atoms with E-state index in [1.165, 1.54) is 33.4 Å². The minimum Gasteiger partial charge on any atom is -0.393 e. The fourth-order valence-electron chi connectivity index (χ4n) is 5.35. The van der Waals surface area contributed by atoms with Gasteiger partial charge in [-0.15, -0.1) is 0 Å². The summed E-state index contributed by atoms with van der Waals surface area (Å²) in [7, 11) is 0. The second kappa shape index (κ2) is 11.1. The smallest absolute Gasteiger partial charge is 0.0682 e. The third-order valence-corrected chi connectivity index (χ3v) is 7.99. The van der Waals surface area contributed by atoms with E-state index in [2.05, 4.69) is 97.0 Å². The number of benzene rings is 3. The van der Waals surface area contributed by atoms with E-state index in [9.17, 15) is 10.2 Å². The van der Waals surface area contributed by atoms with E-state index in [4.69, 9.17) is 0 Å². The van der Waals surface area contributed by atoms with Crippen molar-refractivity contribution in [1.82, 2.24) is 0 Å². The molecule has 0 aliphatic rings. The summed E-state index contributed by atoms with van der Waals surface area (Å²) in [5.74, 6) is 0. The molecule has 0 saturated carbocycles. The van der Waals surface area contributed by atoms with E-state index in [0.717, 1.165) is 36.8 Å². The second-order valence-corrected chi connectivity index (χ2v) is 11.2. The summed E-state index contributed by atoms with van der Waals surface area (Å²) in [6.07, 6.45) is 3.45. The van der Waals surface area contributed by atoms with E-state index in [-0.39, 0.29) is 23.5 Å². The Bertz CT molecular complexity index is 1130. The number of aliphatic hydroxyl groups excluding tert-OH is 2. The predicted octanol–water partition coefficient (Wildman–Crippen LogP) is 7.91. The van der Waals surface area contributed by atoms with Gasteiger partial charge in [0, 0.05) is 5.41 Å². The molecule has 1 unspecified atom stereocenters. The summed E-state index contributed by atoms with van der Waals surface area (Å²) >= 11 is 0. The molecule has 0 saturated heterocycles.